The van der Waals surface area contributed by atoms with E-state index in [1.165, 1.54) is 6.07 Å². The molecule has 0 atom stereocenters. The molecule has 4 rings (SSSR count). The topological polar surface area (TPSA) is 120 Å². The standard InChI is InChI=1S/C19H13N3O4/c1-19(2)12-7-15(23)14(22(25)26)6-11(12)17(24)16-10-4-3-9(8-20)5-13(10)21-18(16)19/h3-7,21,23H,1-2H3. The number of H-pyrrole nitrogens is 1. The van der Waals surface area contributed by atoms with Gasteiger partial charge in [-0.1, -0.05) is 19.9 Å². The number of benzene rings is 2. The van der Waals surface area contributed by atoms with Gasteiger partial charge in [0.05, 0.1) is 22.1 Å². The maximum Gasteiger partial charge on any atom is 0.311 e. The summed E-state index contributed by atoms with van der Waals surface area (Å²) in [7, 11) is 0. The van der Waals surface area contributed by atoms with Gasteiger partial charge >= 0.3 is 5.69 Å². The number of phenols is 1. The highest BCUT2D eigenvalue weighted by molar-refractivity contribution is 6.20. The first-order valence-corrected chi connectivity index (χ1v) is 7.88. The molecule has 0 aliphatic heterocycles. The van der Waals surface area contributed by atoms with Gasteiger partial charge < -0.3 is 10.1 Å². The van der Waals surface area contributed by atoms with E-state index >= 15 is 0 Å². The summed E-state index contributed by atoms with van der Waals surface area (Å²) >= 11 is 0. The zero-order valence-corrected chi connectivity index (χ0v) is 14.0. The molecule has 0 fully saturated rings. The van der Waals surface area contributed by atoms with Gasteiger partial charge in [0, 0.05) is 33.6 Å². The second-order valence-electron chi connectivity index (χ2n) is 6.84. The average Bonchev–Trinajstić information content (AvgIpc) is 2.99. The molecule has 3 aromatic rings. The van der Waals surface area contributed by atoms with Crippen LogP contribution in [0.1, 0.15) is 46.6 Å². The number of nitro benzene ring substituents is 1. The first-order valence-electron chi connectivity index (χ1n) is 7.88. The van der Waals surface area contributed by atoms with Gasteiger partial charge in [-0.2, -0.15) is 5.26 Å². The lowest BCUT2D eigenvalue weighted by Gasteiger charge is -2.32. The normalized spacial score (nSPS) is 14.6. The molecule has 0 unspecified atom stereocenters. The minimum absolute atomic E-state index is 0.206. The Labute approximate surface area is 147 Å². The Kier molecular flexibility index (Phi) is 3.00. The molecule has 7 heteroatoms. The van der Waals surface area contributed by atoms with Crippen LogP contribution in [0.25, 0.3) is 10.9 Å². The Balaban J connectivity index is 2.07. The molecule has 128 valence electrons. The number of ketones is 1. The molecule has 1 aliphatic carbocycles. The molecule has 0 radical (unpaired) electrons. The van der Waals surface area contributed by atoms with Crippen LogP contribution in [0.3, 0.4) is 0 Å². The molecular weight excluding hydrogens is 334 g/mol. The predicted octanol–water partition coefficient (Wildman–Crippen LogP) is 3.52. The van der Waals surface area contributed by atoms with Crippen LogP contribution >= 0.6 is 0 Å². The number of nitriles is 1. The number of fused-ring (bicyclic) bond motifs is 4. The smallest absolute Gasteiger partial charge is 0.311 e. The number of aromatic nitrogens is 1. The molecule has 0 bridgehead atoms. The van der Waals surface area contributed by atoms with Crippen molar-refractivity contribution in [3.05, 3.63) is 68.4 Å². The summed E-state index contributed by atoms with van der Waals surface area (Å²) in [4.78, 5) is 26.8. The third-order valence-corrected chi connectivity index (χ3v) is 5.01. The molecule has 0 saturated heterocycles. The van der Waals surface area contributed by atoms with Crippen LogP contribution in [-0.4, -0.2) is 20.8 Å². The Bertz CT molecular complexity index is 1180. The van der Waals surface area contributed by atoms with Crippen LogP contribution in [0.15, 0.2) is 30.3 Å². The summed E-state index contributed by atoms with van der Waals surface area (Å²) < 4.78 is 0. The fourth-order valence-electron chi connectivity index (χ4n) is 3.67. The summed E-state index contributed by atoms with van der Waals surface area (Å²) in [5.74, 6) is -0.811. The van der Waals surface area contributed by atoms with Crippen LogP contribution in [0, 0.1) is 21.4 Å². The predicted molar refractivity (Wildman–Crippen MR) is 93.3 cm³/mol. The van der Waals surface area contributed by atoms with E-state index in [-0.39, 0.29) is 11.3 Å². The number of carbonyl (C=O) groups excluding carboxylic acids is 1. The molecule has 0 amide bonds. The van der Waals surface area contributed by atoms with Crippen molar-refractivity contribution in [1.82, 2.24) is 4.98 Å². The van der Waals surface area contributed by atoms with E-state index in [9.17, 15) is 20.0 Å². The van der Waals surface area contributed by atoms with Crippen LogP contribution in [0.5, 0.6) is 5.75 Å². The molecule has 0 saturated carbocycles. The molecule has 26 heavy (non-hydrogen) atoms. The van der Waals surface area contributed by atoms with Crippen molar-refractivity contribution in [2.75, 3.05) is 0 Å². The maximum absolute atomic E-state index is 13.1. The number of aromatic amines is 1. The largest absolute Gasteiger partial charge is 0.502 e. The van der Waals surface area contributed by atoms with E-state index in [1.807, 2.05) is 13.8 Å². The fourth-order valence-corrected chi connectivity index (χ4v) is 3.67. The number of hydrogen-bond acceptors (Lipinski definition) is 5. The van der Waals surface area contributed by atoms with Gasteiger partial charge in [0.15, 0.2) is 11.5 Å². The number of aromatic hydroxyl groups is 1. The third-order valence-electron chi connectivity index (χ3n) is 5.01. The summed E-state index contributed by atoms with van der Waals surface area (Å²) in [5, 5.41) is 30.9. The lowest BCUT2D eigenvalue weighted by atomic mass is 9.71. The molecule has 1 aromatic heterocycles. The summed E-state index contributed by atoms with van der Waals surface area (Å²) in [6, 6.07) is 9.50. The van der Waals surface area contributed by atoms with Crippen molar-refractivity contribution < 1.29 is 14.8 Å². The van der Waals surface area contributed by atoms with Crippen molar-refractivity contribution in [1.29, 1.82) is 5.26 Å². The van der Waals surface area contributed by atoms with Crippen LogP contribution < -0.4 is 0 Å². The van der Waals surface area contributed by atoms with Crippen molar-refractivity contribution in [3.63, 3.8) is 0 Å². The molecule has 0 spiro atoms. The summed E-state index contributed by atoms with van der Waals surface area (Å²) in [6.45, 7) is 3.76. The highest BCUT2D eigenvalue weighted by atomic mass is 16.6. The summed E-state index contributed by atoms with van der Waals surface area (Å²) in [5.41, 5.74) is 1.77. The number of nitrogens with one attached hydrogen (secondary N) is 1. The van der Waals surface area contributed by atoms with Crippen molar-refractivity contribution in [3.8, 4) is 11.8 Å². The van der Waals surface area contributed by atoms with Crippen molar-refractivity contribution in [2.45, 2.75) is 19.3 Å². The van der Waals surface area contributed by atoms with E-state index in [0.29, 0.717) is 33.3 Å². The first kappa shape index (κ1) is 15.8. The van der Waals surface area contributed by atoms with E-state index in [2.05, 4.69) is 11.1 Å². The number of rotatable bonds is 1. The van der Waals surface area contributed by atoms with Crippen LogP contribution in [0.4, 0.5) is 5.69 Å². The lowest BCUT2D eigenvalue weighted by Crippen LogP contribution is -2.30. The molecule has 2 N–H and O–H groups in total. The Morgan fingerprint density at radius 2 is 2.00 bits per heavy atom. The number of nitrogens with zero attached hydrogens (tertiary/aromatic N) is 2. The lowest BCUT2D eigenvalue weighted by molar-refractivity contribution is -0.385. The van der Waals surface area contributed by atoms with Gasteiger partial charge in [-0.3, -0.25) is 14.9 Å². The number of carbonyl (C=O) groups is 1. The highest BCUT2D eigenvalue weighted by Gasteiger charge is 2.41. The van der Waals surface area contributed by atoms with Gasteiger partial charge in [0.1, 0.15) is 0 Å². The minimum atomic E-state index is -0.709. The van der Waals surface area contributed by atoms with Gasteiger partial charge in [0.25, 0.3) is 0 Å². The van der Waals surface area contributed by atoms with Gasteiger partial charge in [0.2, 0.25) is 0 Å². The van der Waals surface area contributed by atoms with E-state index in [1.54, 1.807) is 18.2 Å². The zero-order valence-electron chi connectivity index (χ0n) is 14.0. The number of phenolic OH excluding ortho intramolecular Hbond substituents is 1. The molecule has 7 nitrogen and oxygen atoms in total. The first-order chi connectivity index (χ1) is 12.3. The molecule has 1 aliphatic rings. The zero-order chi connectivity index (χ0) is 18.8. The molecule has 2 aromatic carbocycles. The molecule has 1 heterocycles. The highest BCUT2D eigenvalue weighted by Crippen LogP contribution is 2.46. The average molecular weight is 347 g/mol. The van der Waals surface area contributed by atoms with E-state index in [4.69, 9.17) is 5.26 Å². The third kappa shape index (κ3) is 1.90. The van der Waals surface area contributed by atoms with Gasteiger partial charge in [-0.25, -0.2) is 0 Å². The Morgan fingerprint density at radius 1 is 1.27 bits per heavy atom. The van der Waals surface area contributed by atoms with Gasteiger partial charge in [-0.05, 0) is 23.8 Å². The SMILES string of the molecule is CC1(C)c2cc(O)c([N+](=O)[O-])cc2C(=O)c2c1[nH]c1cc(C#N)ccc21. The van der Waals surface area contributed by atoms with Gasteiger partial charge in [-0.15, -0.1) is 0 Å². The second kappa shape index (κ2) is 4.92. The second-order valence-corrected chi connectivity index (χ2v) is 6.84. The number of hydrogen-bond donors (Lipinski definition) is 2. The Morgan fingerprint density at radius 3 is 2.65 bits per heavy atom. The van der Waals surface area contributed by atoms with E-state index < -0.39 is 21.8 Å². The Hall–Kier alpha value is -3.66. The molecular formula is C19H13N3O4. The quantitative estimate of drug-likeness (QED) is 0.515. The van der Waals surface area contributed by atoms with Crippen molar-refractivity contribution >= 4 is 22.4 Å². The van der Waals surface area contributed by atoms with E-state index in [0.717, 1.165) is 6.07 Å². The van der Waals surface area contributed by atoms with Crippen LogP contribution in [0.2, 0.25) is 0 Å². The number of nitro groups is 1. The fraction of sp³-hybridized carbons (Fsp3) is 0.158. The maximum atomic E-state index is 13.1. The van der Waals surface area contributed by atoms with Crippen molar-refractivity contribution in [2.24, 2.45) is 0 Å². The summed E-state index contributed by atoms with van der Waals surface area (Å²) in [6.07, 6.45) is 0. The van der Waals surface area contributed by atoms with Crippen LogP contribution in [-0.2, 0) is 5.41 Å². The monoisotopic (exact) mass is 347 g/mol. The minimum Gasteiger partial charge on any atom is -0.502 e.